The van der Waals surface area contributed by atoms with Crippen LogP contribution in [0.5, 0.6) is 0 Å². The lowest BCUT2D eigenvalue weighted by molar-refractivity contribution is -0.133. The normalized spacial score (nSPS) is 24.0. The minimum Gasteiger partial charge on any atom is -0.376 e. The topological polar surface area (TPSA) is 45.7 Å². The van der Waals surface area contributed by atoms with Gasteiger partial charge in [0, 0.05) is 43.6 Å². The third-order valence-electron chi connectivity index (χ3n) is 6.56. The molecule has 0 bridgehead atoms. The minimum atomic E-state index is 0.241. The summed E-state index contributed by atoms with van der Waals surface area (Å²) in [6.45, 7) is 8.20. The molecule has 148 valence electrons. The molecule has 1 saturated heterocycles. The fraction of sp³-hybridized carbons (Fsp3) is 0.727. The van der Waals surface area contributed by atoms with Crippen LogP contribution in [-0.2, 0) is 22.6 Å². The monoisotopic (exact) mass is 371 g/mol. The molecule has 0 aromatic carbocycles. The molecule has 1 aliphatic carbocycles. The molecule has 4 rings (SSSR count). The van der Waals surface area contributed by atoms with E-state index >= 15 is 0 Å². The zero-order valence-corrected chi connectivity index (χ0v) is 16.9. The van der Waals surface area contributed by atoms with Gasteiger partial charge >= 0.3 is 0 Å². The molecule has 27 heavy (non-hydrogen) atoms. The summed E-state index contributed by atoms with van der Waals surface area (Å²) in [6.07, 6.45) is 8.11. The number of pyridine rings is 1. The second-order valence-corrected chi connectivity index (χ2v) is 8.38. The molecular weight excluding hydrogens is 338 g/mol. The Morgan fingerprint density at radius 2 is 2.07 bits per heavy atom. The van der Waals surface area contributed by atoms with Crippen LogP contribution >= 0.6 is 0 Å². The van der Waals surface area contributed by atoms with Crippen molar-refractivity contribution in [3.05, 3.63) is 22.9 Å². The van der Waals surface area contributed by atoms with Crippen molar-refractivity contribution in [2.45, 2.75) is 77.4 Å². The highest BCUT2D eigenvalue weighted by atomic mass is 16.5. The van der Waals surface area contributed by atoms with Gasteiger partial charge in [0.1, 0.15) is 5.82 Å². The molecule has 0 spiro atoms. The molecule has 0 unspecified atom stereocenters. The van der Waals surface area contributed by atoms with Crippen LogP contribution < -0.4 is 4.90 Å². The Labute approximate surface area is 163 Å². The summed E-state index contributed by atoms with van der Waals surface area (Å²) < 4.78 is 5.78. The van der Waals surface area contributed by atoms with Crippen molar-refractivity contribution in [2.24, 2.45) is 0 Å². The lowest BCUT2D eigenvalue weighted by Crippen LogP contribution is -2.54. The Hall–Kier alpha value is -1.62. The Bertz CT molecular complexity index is 684. The summed E-state index contributed by atoms with van der Waals surface area (Å²) >= 11 is 0. The average Bonchev–Trinajstić information content (AvgIpc) is 2.73. The van der Waals surface area contributed by atoms with Gasteiger partial charge in [-0.2, -0.15) is 0 Å². The maximum Gasteiger partial charge on any atom is 0.222 e. The molecule has 1 aromatic rings. The number of amides is 1. The van der Waals surface area contributed by atoms with Crippen LogP contribution in [0, 0.1) is 0 Å². The maximum absolute atomic E-state index is 12.2. The van der Waals surface area contributed by atoms with E-state index in [-0.39, 0.29) is 11.9 Å². The van der Waals surface area contributed by atoms with Crippen molar-refractivity contribution in [1.29, 1.82) is 0 Å². The van der Waals surface area contributed by atoms with Gasteiger partial charge in [0.05, 0.1) is 18.9 Å². The number of hydrogen-bond acceptors (Lipinski definition) is 4. The van der Waals surface area contributed by atoms with Crippen LogP contribution in [0.15, 0.2) is 6.07 Å². The van der Waals surface area contributed by atoms with Crippen LogP contribution in [0.1, 0.15) is 75.1 Å². The first kappa shape index (κ1) is 18.7. The van der Waals surface area contributed by atoms with E-state index in [4.69, 9.17) is 9.72 Å². The van der Waals surface area contributed by atoms with Crippen LogP contribution in [0.4, 0.5) is 5.82 Å². The third-order valence-corrected chi connectivity index (χ3v) is 6.56. The third kappa shape index (κ3) is 3.84. The first-order valence-electron chi connectivity index (χ1n) is 10.8. The molecular formula is C22H33N3O2. The predicted octanol–water partition coefficient (Wildman–Crippen LogP) is 3.65. The number of rotatable bonds is 3. The number of carbonyl (C=O) groups excluding carboxylic acids is 1. The van der Waals surface area contributed by atoms with E-state index in [0.717, 1.165) is 45.1 Å². The minimum absolute atomic E-state index is 0.241. The summed E-state index contributed by atoms with van der Waals surface area (Å²) in [7, 11) is 0. The van der Waals surface area contributed by atoms with Crippen molar-refractivity contribution < 1.29 is 9.53 Å². The highest BCUT2D eigenvalue weighted by molar-refractivity contribution is 5.76. The lowest BCUT2D eigenvalue weighted by atomic mass is 9.83. The van der Waals surface area contributed by atoms with E-state index in [0.29, 0.717) is 12.3 Å². The van der Waals surface area contributed by atoms with Crippen LogP contribution in [-0.4, -0.2) is 48.1 Å². The van der Waals surface area contributed by atoms with E-state index in [2.05, 4.69) is 17.9 Å². The largest absolute Gasteiger partial charge is 0.376 e. The number of hydrogen-bond donors (Lipinski definition) is 0. The molecule has 5 nitrogen and oxygen atoms in total. The fourth-order valence-electron chi connectivity index (χ4n) is 4.99. The first-order chi connectivity index (χ1) is 13.2. The number of anilines is 1. The Balaban J connectivity index is 1.60. The predicted molar refractivity (Wildman–Crippen MR) is 107 cm³/mol. The van der Waals surface area contributed by atoms with E-state index in [1.54, 1.807) is 0 Å². The zero-order valence-electron chi connectivity index (χ0n) is 16.9. The van der Waals surface area contributed by atoms with Crippen molar-refractivity contribution in [3.63, 3.8) is 0 Å². The molecule has 5 heteroatoms. The summed E-state index contributed by atoms with van der Waals surface area (Å²) in [5.41, 5.74) is 4.11. The van der Waals surface area contributed by atoms with E-state index in [1.165, 1.54) is 48.9 Å². The van der Waals surface area contributed by atoms with Crippen LogP contribution in [0.3, 0.4) is 0 Å². The number of carbonyl (C=O) groups is 1. The van der Waals surface area contributed by atoms with Crippen molar-refractivity contribution >= 4 is 11.7 Å². The molecule has 1 amide bonds. The molecule has 2 aliphatic heterocycles. The van der Waals surface area contributed by atoms with Gasteiger partial charge in [-0.15, -0.1) is 0 Å². The van der Waals surface area contributed by atoms with Crippen molar-refractivity contribution in [1.82, 2.24) is 9.88 Å². The molecule has 1 saturated carbocycles. The highest BCUT2D eigenvalue weighted by Gasteiger charge is 2.30. The van der Waals surface area contributed by atoms with Gasteiger partial charge in [0.25, 0.3) is 0 Å². The smallest absolute Gasteiger partial charge is 0.222 e. The first-order valence-corrected chi connectivity index (χ1v) is 10.8. The second-order valence-electron chi connectivity index (χ2n) is 8.38. The van der Waals surface area contributed by atoms with Crippen molar-refractivity contribution in [2.75, 3.05) is 31.1 Å². The molecule has 2 fully saturated rings. The number of piperazine rings is 1. The average molecular weight is 372 g/mol. The van der Waals surface area contributed by atoms with Gasteiger partial charge in [0.15, 0.2) is 0 Å². The van der Waals surface area contributed by atoms with Crippen molar-refractivity contribution in [3.8, 4) is 0 Å². The molecule has 1 aromatic heterocycles. The maximum atomic E-state index is 12.2. The van der Waals surface area contributed by atoms with E-state index in [9.17, 15) is 4.79 Å². The van der Waals surface area contributed by atoms with Gasteiger partial charge in [-0.3, -0.25) is 4.79 Å². The molecule has 1 atom stereocenters. The number of aromatic nitrogens is 1. The quantitative estimate of drug-likeness (QED) is 0.814. The van der Waals surface area contributed by atoms with Gasteiger partial charge in [-0.05, 0) is 37.8 Å². The molecule has 3 aliphatic rings. The molecule has 0 N–H and O–H groups in total. The summed E-state index contributed by atoms with van der Waals surface area (Å²) in [4.78, 5) is 21.8. The van der Waals surface area contributed by atoms with Gasteiger partial charge in [-0.25, -0.2) is 4.98 Å². The zero-order chi connectivity index (χ0) is 18.8. The van der Waals surface area contributed by atoms with E-state index < -0.39 is 0 Å². The Morgan fingerprint density at radius 1 is 1.26 bits per heavy atom. The lowest BCUT2D eigenvalue weighted by Gasteiger charge is -2.41. The van der Waals surface area contributed by atoms with Gasteiger partial charge in [-0.1, -0.05) is 26.2 Å². The number of ether oxygens (including phenoxy) is 1. The van der Waals surface area contributed by atoms with Gasteiger partial charge < -0.3 is 14.5 Å². The molecule has 3 heterocycles. The highest BCUT2D eigenvalue weighted by Crippen LogP contribution is 2.37. The van der Waals surface area contributed by atoms with Crippen LogP contribution in [0.2, 0.25) is 0 Å². The SMILES string of the molecule is CCC(=O)N1CCN(c2cc3c(c(C4CCCCC4)n2)COCC3)C[C@H]1C. The summed E-state index contributed by atoms with van der Waals surface area (Å²) in [5, 5.41) is 0. The molecule has 0 radical (unpaired) electrons. The second kappa shape index (κ2) is 8.17. The fourth-order valence-corrected chi connectivity index (χ4v) is 4.99. The Morgan fingerprint density at radius 3 is 2.81 bits per heavy atom. The van der Waals surface area contributed by atoms with Gasteiger partial charge in [0.2, 0.25) is 5.91 Å². The van der Waals surface area contributed by atoms with Crippen LogP contribution in [0.25, 0.3) is 0 Å². The number of nitrogens with zero attached hydrogens (tertiary/aromatic N) is 3. The number of fused-ring (bicyclic) bond motifs is 1. The summed E-state index contributed by atoms with van der Waals surface area (Å²) in [5.74, 6) is 1.97. The Kier molecular flexibility index (Phi) is 5.67. The van der Waals surface area contributed by atoms with E-state index in [1.807, 2.05) is 11.8 Å². The standard InChI is InChI=1S/C22H33N3O2/c1-3-21(26)25-11-10-24(14-16(25)2)20-13-18-9-12-27-15-19(18)22(23-20)17-7-5-4-6-8-17/h13,16-17H,3-12,14-15H2,1-2H3/t16-/m1/s1. The summed E-state index contributed by atoms with van der Waals surface area (Å²) in [6, 6.07) is 2.54.